The second-order valence-electron chi connectivity index (χ2n) is 4.54. The molecule has 0 aliphatic heterocycles. The monoisotopic (exact) mass is 312 g/mol. The van der Waals surface area contributed by atoms with Gasteiger partial charge in [0.1, 0.15) is 10.5 Å². The van der Waals surface area contributed by atoms with E-state index in [9.17, 15) is 8.42 Å². The van der Waals surface area contributed by atoms with Crippen molar-refractivity contribution >= 4 is 27.0 Å². The summed E-state index contributed by atoms with van der Waals surface area (Å²) in [5, 5.41) is 5.09. The Morgan fingerprint density at radius 2 is 2.00 bits per heavy atom. The molecule has 0 aliphatic rings. The molecule has 2 heterocycles. The third kappa shape index (κ3) is 3.99. The predicted octanol–water partition coefficient (Wildman–Crippen LogP) is 1.84. The quantitative estimate of drug-likeness (QED) is 0.850. The molecule has 0 saturated carbocycles. The summed E-state index contributed by atoms with van der Waals surface area (Å²) in [7, 11) is -3.57. The summed E-state index contributed by atoms with van der Waals surface area (Å²) in [6.07, 6.45) is 4.18. The smallest absolute Gasteiger partial charge is 0.271 e. The van der Waals surface area contributed by atoms with Crippen molar-refractivity contribution in [2.24, 2.45) is 0 Å². The normalized spacial score (nSPS) is 11.8. The van der Waals surface area contributed by atoms with E-state index in [4.69, 9.17) is 0 Å². The fourth-order valence-corrected chi connectivity index (χ4v) is 3.70. The van der Waals surface area contributed by atoms with E-state index in [1.54, 1.807) is 6.07 Å². The zero-order valence-corrected chi connectivity index (χ0v) is 12.8. The Hall–Kier alpha value is -1.51. The Balaban J connectivity index is 2.10. The van der Waals surface area contributed by atoms with Crippen LogP contribution in [0.25, 0.3) is 0 Å². The Morgan fingerprint density at radius 3 is 2.65 bits per heavy atom. The van der Waals surface area contributed by atoms with Gasteiger partial charge in [-0.1, -0.05) is 13.8 Å². The van der Waals surface area contributed by atoms with Crippen molar-refractivity contribution in [2.45, 2.75) is 30.6 Å². The zero-order valence-electron chi connectivity index (χ0n) is 11.2. The number of sulfonamides is 1. The van der Waals surface area contributed by atoms with Crippen molar-refractivity contribution in [1.82, 2.24) is 15.3 Å². The number of thiophene rings is 1. The van der Waals surface area contributed by atoms with Crippen LogP contribution < -0.4 is 10.0 Å². The first-order valence-corrected chi connectivity index (χ1v) is 8.42. The summed E-state index contributed by atoms with van der Waals surface area (Å²) in [6.45, 7) is 4.74. The van der Waals surface area contributed by atoms with Crippen LogP contribution in [0.5, 0.6) is 0 Å². The minimum absolute atomic E-state index is 0.280. The Bertz CT molecular complexity index is 653. The molecular formula is C12H16N4O2S2. The molecule has 0 radical (unpaired) electrons. The van der Waals surface area contributed by atoms with E-state index in [0.717, 1.165) is 5.56 Å². The maximum Gasteiger partial charge on any atom is 0.271 e. The molecule has 6 nitrogen and oxygen atoms in total. The van der Waals surface area contributed by atoms with E-state index in [0.29, 0.717) is 18.3 Å². The molecule has 0 fully saturated rings. The van der Waals surface area contributed by atoms with Gasteiger partial charge in [0.2, 0.25) is 0 Å². The third-order valence-electron chi connectivity index (χ3n) is 2.42. The average molecular weight is 312 g/mol. The number of hydrogen-bond acceptors (Lipinski definition) is 6. The van der Waals surface area contributed by atoms with Gasteiger partial charge in [0, 0.05) is 12.6 Å². The highest BCUT2D eigenvalue weighted by atomic mass is 32.2. The first-order valence-electron chi connectivity index (χ1n) is 6.06. The standard InChI is InChI=1S/C12H16N4O2S2/c1-9(2)15-4-10-3-12(19-7-10)20(17,18)16-11-5-13-8-14-6-11/h3,5-9,15-16H,4H2,1-2H3. The van der Waals surface area contributed by atoms with Gasteiger partial charge < -0.3 is 5.32 Å². The van der Waals surface area contributed by atoms with Crippen LogP contribution in [0, 0.1) is 0 Å². The van der Waals surface area contributed by atoms with Gasteiger partial charge in [0.05, 0.1) is 18.1 Å². The maximum atomic E-state index is 12.2. The lowest BCUT2D eigenvalue weighted by atomic mass is 10.3. The summed E-state index contributed by atoms with van der Waals surface area (Å²) in [6, 6.07) is 2.03. The van der Waals surface area contributed by atoms with Crippen LogP contribution >= 0.6 is 11.3 Å². The van der Waals surface area contributed by atoms with E-state index in [1.165, 1.54) is 30.1 Å². The largest absolute Gasteiger partial charge is 0.310 e. The topological polar surface area (TPSA) is 84.0 Å². The van der Waals surface area contributed by atoms with Crippen molar-refractivity contribution in [3.8, 4) is 0 Å². The van der Waals surface area contributed by atoms with Gasteiger partial charge in [-0.05, 0) is 17.0 Å². The molecule has 0 spiro atoms. The number of rotatable bonds is 6. The number of nitrogens with zero attached hydrogens (tertiary/aromatic N) is 2. The molecule has 20 heavy (non-hydrogen) atoms. The molecule has 2 rings (SSSR count). The van der Waals surface area contributed by atoms with Gasteiger partial charge in [-0.25, -0.2) is 18.4 Å². The highest BCUT2D eigenvalue weighted by Crippen LogP contribution is 2.22. The number of aromatic nitrogens is 2. The van der Waals surface area contributed by atoms with E-state index >= 15 is 0 Å². The summed E-state index contributed by atoms with van der Waals surface area (Å²) in [5.41, 5.74) is 1.30. The Morgan fingerprint density at radius 1 is 1.30 bits per heavy atom. The van der Waals surface area contributed by atoms with Crippen LogP contribution in [0.15, 0.2) is 34.4 Å². The molecule has 0 atom stereocenters. The highest BCUT2D eigenvalue weighted by molar-refractivity contribution is 7.94. The van der Waals surface area contributed by atoms with Crippen molar-refractivity contribution in [3.05, 3.63) is 35.7 Å². The van der Waals surface area contributed by atoms with E-state index in [2.05, 4.69) is 20.0 Å². The minimum Gasteiger partial charge on any atom is -0.310 e. The second-order valence-corrected chi connectivity index (χ2v) is 7.36. The average Bonchev–Trinajstić information content (AvgIpc) is 2.86. The number of hydrogen-bond donors (Lipinski definition) is 2. The van der Waals surface area contributed by atoms with Crippen LogP contribution in [-0.2, 0) is 16.6 Å². The molecule has 0 unspecified atom stereocenters. The molecule has 2 aromatic rings. The van der Waals surface area contributed by atoms with Gasteiger partial charge in [-0.15, -0.1) is 11.3 Å². The van der Waals surface area contributed by atoms with Crippen LogP contribution in [0.1, 0.15) is 19.4 Å². The zero-order chi connectivity index (χ0) is 14.6. The fourth-order valence-electron chi connectivity index (χ4n) is 1.47. The number of anilines is 1. The van der Waals surface area contributed by atoms with E-state index in [1.807, 2.05) is 19.2 Å². The van der Waals surface area contributed by atoms with Crippen LogP contribution in [0.3, 0.4) is 0 Å². The highest BCUT2D eigenvalue weighted by Gasteiger charge is 2.17. The maximum absolute atomic E-state index is 12.2. The molecule has 0 amide bonds. The van der Waals surface area contributed by atoms with Gasteiger partial charge in [0.25, 0.3) is 10.0 Å². The molecule has 108 valence electrons. The van der Waals surface area contributed by atoms with Gasteiger partial charge in [-0.3, -0.25) is 4.72 Å². The van der Waals surface area contributed by atoms with E-state index < -0.39 is 10.0 Å². The minimum atomic E-state index is -3.57. The van der Waals surface area contributed by atoms with Crippen LogP contribution in [0.2, 0.25) is 0 Å². The lowest BCUT2D eigenvalue weighted by Crippen LogP contribution is -2.21. The first-order chi connectivity index (χ1) is 9.47. The van der Waals surface area contributed by atoms with Crippen molar-refractivity contribution < 1.29 is 8.42 Å². The molecule has 2 N–H and O–H groups in total. The van der Waals surface area contributed by atoms with Crippen LogP contribution in [0.4, 0.5) is 5.69 Å². The second kappa shape index (κ2) is 6.29. The van der Waals surface area contributed by atoms with Crippen molar-refractivity contribution in [2.75, 3.05) is 4.72 Å². The molecule has 0 aromatic carbocycles. The van der Waals surface area contributed by atoms with Gasteiger partial charge in [0.15, 0.2) is 0 Å². The summed E-state index contributed by atoms with van der Waals surface area (Å²) < 4.78 is 27.1. The SMILES string of the molecule is CC(C)NCc1csc(S(=O)(=O)Nc2cncnc2)c1. The molecule has 0 bridgehead atoms. The van der Waals surface area contributed by atoms with Crippen molar-refractivity contribution in [1.29, 1.82) is 0 Å². The third-order valence-corrected chi connectivity index (χ3v) is 5.29. The Kier molecular flexibility index (Phi) is 4.69. The van der Waals surface area contributed by atoms with Crippen LogP contribution in [-0.4, -0.2) is 24.4 Å². The van der Waals surface area contributed by atoms with Gasteiger partial charge >= 0.3 is 0 Å². The molecule has 0 aliphatic carbocycles. The summed E-state index contributed by atoms with van der Waals surface area (Å²) in [5.74, 6) is 0. The summed E-state index contributed by atoms with van der Waals surface area (Å²) >= 11 is 1.20. The summed E-state index contributed by atoms with van der Waals surface area (Å²) in [4.78, 5) is 7.54. The molecular weight excluding hydrogens is 296 g/mol. The lowest BCUT2D eigenvalue weighted by molar-refractivity contribution is 0.589. The Labute approximate surface area is 122 Å². The lowest BCUT2D eigenvalue weighted by Gasteiger charge is -2.06. The molecule has 2 aromatic heterocycles. The molecule has 0 saturated heterocycles. The fraction of sp³-hybridized carbons (Fsp3) is 0.333. The first kappa shape index (κ1) is 14.9. The van der Waals surface area contributed by atoms with Gasteiger partial charge in [-0.2, -0.15) is 0 Å². The number of nitrogens with one attached hydrogen (secondary N) is 2. The predicted molar refractivity (Wildman–Crippen MR) is 79.1 cm³/mol. The van der Waals surface area contributed by atoms with E-state index in [-0.39, 0.29) is 4.21 Å². The van der Waals surface area contributed by atoms with Crippen molar-refractivity contribution in [3.63, 3.8) is 0 Å². The molecule has 8 heteroatoms.